The Hall–Kier alpha value is -3.33. The van der Waals surface area contributed by atoms with Gasteiger partial charge in [-0.05, 0) is 41.3 Å². The minimum absolute atomic E-state index is 0.148. The van der Waals surface area contributed by atoms with E-state index in [4.69, 9.17) is 9.47 Å². The second kappa shape index (κ2) is 10.3. The van der Waals surface area contributed by atoms with Crippen LogP contribution in [-0.2, 0) is 16.1 Å². The fourth-order valence-electron chi connectivity index (χ4n) is 2.93. The molecule has 3 heteroatoms. The second-order valence-electron chi connectivity index (χ2n) is 7.21. The predicted octanol–water partition coefficient (Wildman–Crippen LogP) is 6.51. The highest BCUT2D eigenvalue weighted by atomic mass is 16.5. The van der Waals surface area contributed by atoms with Crippen molar-refractivity contribution in [3.63, 3.8) is 0 Å². The van der Waals surface area contributed by atoms with Crippen LogP contribution in [-0.4, -0.2) is 5.97 Å². The van der Waals surface area contributed by atoms with Gasteiger partial charge in [0.25, 0.3) is 0 Å². The van der Waals surface area contributed by atoms with Gasteiger partial charge >= 0.3 is 5.97 Å². The first-order chi connectivity index (χ1) is 14.1. The first kappa shape index (κ1) is 20.4. The number of hydrogen-bond acceptors (Lipinski definition) is 3. The van der Waals surface area contributed by atoms with Gasteiger partial charge in [0.15, 0.2) is 0 Å². The van der Waals surface area contributed by atoms with Crippen molar-refractivity contribution >= 4 is 12.0 Å². The van der Waals surface area contributed by atoms with Crippen LogP contribution in [0.1, 0.15) is 25.0 Å². The lowest BCUT2D eigenvalue weighted by atomic mass is 9.95. The molecular formula is C26H26O3. The van der Waals surface area contributed by atoms with Crippen molar-refractivity contribution < 1.29 is 14.3 Å². The molecule has 148 valence electrons. The number of carbonyl (C=O) groups excluding carboxylic acids is 1. The Bertz CT molecular complexity index is 930. The summed E-state index contributed by atoms with van der Waals surface area (Å²) in [6, 6.07) is 27.2. The van der Waals surface area contributed by atoms with E-state index in [-0.39, 0.29) is 24.4 Å². The van der Waals surface area contributed by atoms with Crippen LogP contribution in [0, 0.1) is 11.8 Å². The molecule has 0 aliphatic heterocycles. The molecule has 3 nitrogen and oxygen atoms in total. The quantitative estimate of drug-likeness (QED) is 0.414. The summed E-state index contributed by atoms with van der Waals surface area (Å²) in [6.07, 6.45) is 3.90. The minimum atomic E-state index is -0.293. The molecule has 0 N–H and O–H groups in total. The molecule has 29 heavy (non-hydrogen) atoms. The summed E-state index contributed by atoms with van der Waals surface area (Å²) in [4.78, 5) is 12.7. The molecular weight excluding hydrogens is 360 g/mol. The van der Waals surface area contributed by atoms with E-state index in [1.165, 1.54) is 0 Å². The number of para-hydroxylation sites is 1. The lowest BCUT2D eigenvalue weighted by Gasteiger charge is -2.16. The summed E-state index contributed by atoms with van der Waals surface area (Å²) >= 11 is 0. The topological polar surface area (TPSA) is 35.5 Å². The number of rotatable bonds is 8. The standard InChI is InChI=1S/C26H26O3/c1-20(2)25(17-16-21-10-5-3-6-11-21)26(27)28-19-22-12-9-15-24(18-22)29-23-13-7-4-8-14-23/h3-18,20,25H,19H2,1-2H3. The number of carbonyl (C=O) groups is 1. The average molecular weight is 386 g/mol. The van der Waals surface area contributed by atoms with Crippen molar-refractivity contribution in [2.24, 2.45) is 11.8 Å². The second-order valence-corrected chi connectivity index (χ2v) is 7.21. The number of ether oxygens (including phenoxy) is 2. The summed E-state index contributed by atoms with van der Waals surface area (Å²) in [5.74, 6) is 1.12. The number of esters is 1. The maximum absolute atomic E-state index is 12.7. The zero-order chi connectivity index (χ0) is 20.5. The Morgan fingerprint density at radius 1 is 0.862 bits per heavy atom. The average Bonchev–Trinajstić information content (AvgIpc) is 2.74. The first-order valence-electron chi connectivity index (χ1n) is 9.83. The molecule has 0 aliphatic rings. The van der Waals surface area contributed by atoms with Crippen LogP contribution in [0.5, 0.6) is 11.5 Å². The number of benzene rings is 3. The number of hydrogen-bond donors (Lipinski definition) is 0. The highest BCUT2D eigenvalue weighted by Crippen LogP contribution is 2.23. The van der Waals surface area contributed by atoms with Gasteiger partial charge in [0.05, 0.1) is 5.92 Å². The Labute approximate surface area is 172 Å². The van der Waals surface area contributed by atoms with Gasteiger partial charge in [-0.25, -0.2) is 0 Å². The summed E-state index contributed by atoms with van der Waals surface area (Å²) in [7, 11) is 0. The highest BCUT2D eigenvalue weighted by Gasteiger charge is 2.21. The van der Waals surface area contributed by atoms with Gasteiger partial charge in [-0.2, -0.15) is 0 Å². The molecule has 3 rings (SSSR count). The predicted molar refractivity (Wildman–Crippen MR) is 117 cm³/mol. The van der Waals surface area contributed by atoms with Crippen molar-refractivity contribution in [3.8, 4) is 11.5 Å². The van der Waals surface area contributed by atoms with E-state index in [9.17, 15) is 4.79 Å². The molecule has 0 fully saturated rings. The Morgan fingerprint density at radius 3 is 2.21 bits per heavy atom. The van der Waals surface area contributed by atoms with E-state index < -0.39 is 0 Å². The van der Waals surface area contributed by atoms with Crippen molar-refractivity contribution in [2.45, 2.75) is 20.5 Å². The fourth-order valence-corrected chi connectivity index (χ4v) is 2.93. The van der Waals surface area contributed by atoms with E-state index >= 15 is 0 Å². The Morgan fingerprint density at radius 2 is 1.52 bits per heavy atom. The molecule has 1 unspecified atom stereocenters. The third-order valence-electron chi connectivity index (χ3n) is 4.54. The normalized spacial score (nSPS) is 12.1. The Balaban J connectivity index is 1.61. The van der Waals surface area contributed by atoms with Crippen molar-refractivity contribution in [2.75, 3.05) is 0 Å². The Kier molecular flexibility index (Phi) is 7.23. The summed E-state index contributed by atoms with van der Waals surface area (Å²) in [5.41, 5.74) is 1.96. The molecule has 0 amide bonds. The molecule has 3 aromatic rings. The molecule has 0 aromatic heterocycles. The maximum atomic E-state index is 12.7. The first-order valence-corrected chi connectivity index (χ1v) is 9.83. The summed E-state index contributed by atoms with van der Waals surface area (Å²) in [5, 5.41) is 0. The largest absolute Gasteiger partial charge is 0.460 e. The van der Waals surface area contributed by atoms with E-state index in [1.807, 2.05) is 111 Å². The maximum Gasteiger partial charge on any atom is 0.313 e. The third kappa shape index (κ3) is 6.35. The van der Waals surface area contributed by atoms with Crippen LogP contribution in [0.15, 0.2) is 91.0 Å². The molecule has 0 bridgehead atoms. The molecule has 0 aliphatic carbocycles. The van der Waals surface area contributed by atoms with Crippen molar-refractivity contribution in [1.29, 1.82) is 0 Å². The fraction of sp³-hybridized carbons (Fsp3) is 0.192. The van der Waals surface area contributed by atoms with Crippen molar-refractivity contribution in [1.82, 2.24) is 0 Å². The molecule has 0 radical (unpaired) electrons. The van der Waals surface area contributed by atoms with Crippen LogP contribution < -0.4 is 4.74 Å². The van der Waals surface area contributed by atoms with Gasteiger partial charge in [0, 0.05) is 0 Å². The van der Waals surface area contributed by atoms with Crippen LogP contribution >= 0.6 is 0 Å². The third-order valence-corrected chi connectivity index (χ3v) is 4.54. The van der Waals surface area contributed by atoms with Crippen LogP contribution in [0.2, 0.25) is 0 Å². The van der Waals surface area contributed by atoms with Crippen molar-refractivity contribution in [3.05, 3.63) is 102 Å². The van der Waals surface area contributed by atoms with Crippen LogP contribution in [0.4, 0.5) is 0 Å². The van der Waals surface area contributed by atoms with E-state index in [2.05, 4.69) is 0 Å². The lowest BCUT2D eigenvalue weighted by molar-refractivity contribution is -0.149. The molecule has 0 saturated carbocycles. The zero-order valence-electron chi connectivity index (χ0n) is 16.8. The van der Waals surface area contributed by atoms with E-state index in [0.717, 1.165) is 16.9 Å². The molecule has 0 spiro atoms. The van der Waals surface area contributed by atoms with Gasteiger partial charge in [-0.15, -0.1) is 0 Å². The summed E-state index contributed by atoms with van der Waals surface area (Å²) in [6.45, 7) is 4.26. The van der Waals surface area contributed by atoms with Crippen LogP contribution in [0.25, 0.3) is 6.08 Å². The lowest BCUT2D eigenvalue weighted by Crippen LogP contribution is -2.20. The summed E-state index contributed by atoms with van der Waals surface area (Å²) < 4.78 is 11.4. The van der Waals surface area contributed by atoms with Crippen LogP contribution in [0.3, 0.4) is 0 Å². The SMILES string of the molecule is CC(C)C(C=Cc1ccccc1)C(=O)OCc1cccc(Oc2ccccc2)c1. The molecule has 0 saturated heterocycles. The van der Waals surface area contributed by atoms with Gasteiger partial charge in [-0.1, -0.05) is 86.7 Å². The molecule has 1 atom stereocenters. The van der Waals surface area contributed by atoms with E-state index in [1.54, 1.807) is 0 Å². The zero-order valence-corrected chi connectivity index (χ0v) is 16.8. The van der Waals surface area contributed by atoms with Gasteiger partial charge in [-0.3, -0.25) is 4.79 Å². The smallest absolute Gasteiger partial charge is 0.313 e. The van der Waals surface area contributed by atoms with Gasteiger partial charge in [0.1, 0.15) is 18.1 Å². The monoisotopic (exact) mass is 386 g/mol. The molecule has 0 heterocycles. The minimum Gasteiger partial charge on any atom is -0.460 e. The molecule has 3 aromatic carbocycles. The highest BCUT2D eigenvalue weighted by molar-refractivity contribution is 5.76. The van der Waals surface area contributed by atoms with E-state index in [0.29, 0.717) is 5.75 Å². The van der Waals surface area contributed by atoms with Gasteiger partial charge in [0.2, 0.25) is 0 Å². The van der Waals surface area contributed by atoms with Gasteiger partial charge < -0.3 is 9.47 Å².